The zero-order valence-corrected chi connectivity index (χ0v) is 20.7. The molecule has 0 aliphatic carbocycles. The van der Waals surface area contributed by atoms with Gasteiger partial charge < -0.3 is 10.1 Å². The monoisotopic (exact) mass is 474 g/mol. The molecule has 1 N–H and O–H groups in total. The Morgan fingerprint density at radius 1 is 1.03 bits per heavy atom. The predicted molar refractivity (Wildman–Crippen MR) is 134 cm³/mol. The SMILES string of the molecule is Cc1cc(C)cc(CC(C=O)CNc2nc(-c3ccc(Cl)c(Cl)c3)c(CC(C)C)s2)c1. The molecule has 0 spiro atoms. The Kier molecular flexibility index (Phi) is 8.15. The number of carbonyl (C=O) groups is 1. The molecule has 0 saturated carbocycles. The lowest BCUT2D eigenvalue weighted by Gasteiger charge is -2.12. The number of aldehydes is 1. The Morgan fingerprint density at radius 3 is 2.35 bits per heavy atom. The van der Waals surface area contributed by atoms with Gasteiger partial charge in [0.2, 0.25) is 0 Å². The third kappa shape index (κ3) is 6.55. The molecule has 0 amide bonds. The molecule has 3 aromatic rings. The summed E-state index contributed by atoms with van der Waals surface area (Å²) in [6, 6.07) is 12.1. The van der Waals surface area contributed by atoms with Crippen LogP contribution in [0.2, 0.25) is 10.0 Å². The van der Waals surface area contributed by atoms with Crippen molar-refractivity contribution in [3.8, 4) is 11.3 Å². The number of anilines is 1. The molecule has 31 heavy (non-hydrogen) atoms. The van der Waals surface area contributed by atoms with Gasteiger partial charge in [-0.25, -0.2) is 4.98 Å². The van der Waals surface area contributed by atoms with Gasteiger partial charge in [0, 0.05) is 22.9 Å². The number of carbonyl (C=O) groups excluding carboxylic acids is 1. The van der Waals surface area contributed by atoms with Gasteiger partial charge in [-0.2, -0.15) is 0 Å². The van der Waals surface area contributed by atoms with Crippen LogP contribution in [0.25, 0.3) is 11.3 Å². The van der Waals surface area contributed by atoms with Crippen molar-refractivity contribution in [1.82, 2.24) is 4.98 Å². The van der Waals surface area contributed by atoms with Crippen LogP contribution in [0.15, 0.2) is 36.4 Å². The highest BCUT2D eigenvalue weighted by atomic mass is 35.5. The fourth-order valence-electron chi connectivity index (χ4n) is 3.68. The van der Waals surface area contributed by atoms with E-state index in [4.69, 9.17) is 28.2 Å². The van der Waals surface area contributed by atoms with E-state index in [9.17, 15) is 4.79 Å². The van der Waals surface area contributed by atoms with Gasteiger partial charge in [-0.1, -0.05) is 72.4 Å². The molecule has 0 fully saturated rings. The highest BCUT2D eigenvalue weighted by molar-refractivity contribution is 7.16. The quantitative estimate of drug-likeness (QED) is 0.328. The number of hydrogen-bond donors (Lipinski definition) is 1. The van der Waals surface area contributed by atoms with Crippen LogP contribution in [0.3, 0.4) is 0 Å². The molecule has 0 radical (unpaired) electrons. The zero-order valence-electron chi connectivity index (χ0n) is 18.3. The van der Waals surface area contributed by atoms with Crippen LogP contribution in [0, 0.1) is 25.7 Å². The Balaban J connectivity index is 1.77. The third-order valence-corrected chi connectivity index (χ3v) is 6.75. The number of halogens is 2. The number of rotatable bonds is 9. The number of aromatic nitrogens is 1. The Bertz CT molecular complexity index is 1040. The zero-order chi connectivity index (χ0) is 22.5. The summed E-state index contributed by atoms with van der Waals surface area (Å²) in [5.41, 5.74) is 5.51. The van der Waals surface area contributed by atoms with Crippen LogP contribution in [-0.2, 0) is 17.6 Å². The van der Waals surface area contributed by atoms with Gasteiger partial charge in [-0.3, -0.25) is 0 Å². The fraction of sp³-hybridized carbons (Fsp3) is 0.360. The van der Waals surface area contributed by atoms with Crippen LogP contribution in [0.5, 0.6) is 0 Å². The molecule has 1 atom stereocenters. The summed E-state index contributed by atoms with van der Waals surface area (Å²) in [5, 5.41) is 5.27. The lowest BCUT2D eigenvalue weighted by atomic mass is 9.97. The van der Waals surface area contributed by atoms with Gasteiger partial charge in [0.1, 0.15) is 6.29 Å². The smallest absolute Gasteiger partial charge is 0.183 e. The van der Waals surface area contributed by atoms with Crippen LogP contribution >= 0.6 is 34.5 Å². The number of nitrogens with one attached hydrogen (secondary N) is 1. The molecule has 6 heteroatoms. The number of aryl methyl sites for hydroxylation is 2. The molecular weight excluding hydrogens is 447 g/mol. The van der Waals surface area contributed by atoms with Crippen LogP contribution in [0.4, 0.5) is 5.13 Å². The molecule has 1 aromatic heterocycles. The molecule has 0 aliphatic heterocycles. The first-order chi connectivity index (χ1) is 14.7. The van der Waals surface area contributed by atoms with Crippen molar-refractivity contribution in [3.05, 3.63) is 68.0 Å². The number of benzene rings is 2. The maximum Gasteiger partial charge on any atom is 0.183 e. The van der Waals surface area contributed by atoms with E-state index in [1.54, 1.807) is 17.4 Å². The normalized spacial score (nSPS) is 12.2. The van der Waals surface area contributed by atoms with Crippen molar-refractivity contribution in [2.75, 3.05) is 11.9 Å². The lowest BCUT2D eigenvalue weighted by Crippen LogP contribution is -2.18. The second kappa shape index (κ2) is 10.6. The summed E-state index contributed by atoms with van der Waals surface area (Å²) in [6.45, 7) is 9.10. The maximum atomic E-state index is 11.7. The fourth-order valence-corrected chi connectivity index (χ4v) is 5.18. The number of nitrogens with zero attached hydrogens (tertiary/aromatic N) is 1. The molecule has 3 nitrogen and oxygen atoms in total. The molecule has 1 unspecified atom stereocenters. The predicted octanol–water partition coefficient (Wildman–Crippen LogP) is 7.40. The van der Waals surface area contributed by atoms with Crippen LogP contribution in [0.1, 0.15) is 35.4 Å². The number of thiazole rings is 1. The van der Waals surface area contributed by atoms with Crippen molar-refractivity contribution in [1.29, 1.82) is 0 Å². The van der Waals surface area contributed by atoms with Gasteiger partial charge in [0.25, 0.3) is 0 Å². The highest BCUT2D eigenvalue weighted by Gasteiger charge is 2.17. The van der Waals surface area contributed by atoms with E-state index in [1.165, 1.54) is 21.6 Å². The minimum Gasteiger partial charge on any atom is -0.361 e. The second-order valence-electron chi connectivity index (χ2n) is 8.49. The summed E-state index contributed by atoms with van der Waals surface area (Å²) >= 11 is 14.0. The first kappa shape index (κ1) is 23.8. The van der Waals surface area contributed by atoms with E-state index < -0.39 is 0 Å². The first-order valence-corrected chi connectivity index (χ1v) is 12.0. The average Bonchev–Trinajstić information content (AvgIpc) is 3.08. The summed E-state index contributed by atoms with van der Waals surface area (Å²) in [4.78, 5) is 17.8. The van der Waals surface area contributed by atoms with E-state index in [1.807, 2.05) is 12.1 Å². The van der Waals surface area contributed by atoms with Gasteiger partial charge >= 0.3 is 0 Å². The Hall–Kier alpha value is -1.88. The van der Waals surface area contributed by atoms with E-state index in [0.717, 1.165) is 29.1 Å². The minimum absolute atomic E-state index is 0.118. The molecule has 2 aromatic carbocycles. The van der Waals surface area contributed by atoms with E-state index in [0.29, 0.717) is 28.9 Å². The largest absolute Gasteiger partial charge is 0.361 e. The van der Waals surface area contributed by atoms with E-state index >= 15 is 0 Å². The van der Waals surface area contributed by atoms with E-state index in [-0.39, 0.29) is 5.92 Å². The number of hydrogen-bond acceptors (Lipinski definition) is 4. The second-order valence-corrected chi connectivity index (χ2v) is 10.4. The van der Waals surface area contributed by atoms with Gasteiger partial charge in [0.05, 0.1) is 15.7 Å². The van der Waals surface area contributed by atoms with Gasteiger partial charge in [-0.05, 0) is 50.3 Å². The van der Waals surface area contributed by atoms with Crippen molar-refractivity contribution < 1.29 is 4.79 Å². The third-order valence-electron chi connectivity index (χ3n) is 4.97. The average molecular weight is 475 g/mol. The molecule has 164 valence electrons. The Labute approximate surface area is 198 Å². The molecule has 0 saturated heterocycles. The molecule has 0 bridgehead atoms. The summed E-state index contributed by atoms with van der Waals surface area (Å²) < 4.78 is 0. The molecule has 1 heterocycles. The van der Waals surface area contributed by atoms with Crippen molar-refractivity contribution in [3.63, 3.8) is 0 Å². The summed E-state index contributed by atoms with van der Waals surface area (Å²) in [5.74, 6) is 0.384. The first-order valence-electron chi connectivity index (χ1n) is 10.5. The topological polar surface area (TPSA) is 42.0 Å². The molecule has 3 rings (SSSR count). The minimum atomic E-state index is -0.118. The lowest BCUT2D eigenvalue weighted by molar-refractivity contribution is -0.110. The summed E-state index contributed by atoms with van der Waals surface area (Å²) in [6.07, 6.45) is 2.67. The van der Waals surface area contributed by atoms with Crippen molar-refractivity contribution in [2.24, 2.45) is 11.8 Å². The maximum absolute atomic E-state index is 11.7. The van der Waals surface area contributed by atoms with Crippen molar-refractivity contribution >= 4 is 46.0 Å². The van der Waals surface area contributed by atoms with Crippen LogP contribution in [-0.4, -0.2) is 17.8 Å². The van der Waals surface area contributed by atoms with E-state index in [2.05, 4.69) is 51.2 Å². The molecule has 0 aliphatic rings. The van der Waals surface area contributed by atoms with Crippen molar-refractivity contribution in [2.45, 2.75) is 40.5 Å². The van der Waals surface area contributed by atoms with Gasteiger partial charge in [0.15, 0.2) is 5.13 Å². The Morgan fingerprint density at radius 2 is 1.74 bits per heavy atom. The summed E-state index contributed by atoms with van der Waals surface area (Å²) in [7, 11) is 0. The standard InChI is InChI=1S/C25H28Cl2N2OS/c1-15(2)7-23-24(20-5-6-21(26)22(27)12-20)29-25(31-23)28-13-19(14-30)11-18-9-16(3)8-17(4)10-18/h5-6,8-10,12,14-15,19H,7,11,13H2,1-4H3,(H,28,29). The van der Waals surface area contributed by atoms with Crippen LogP contribution < -0.4 is 5.32 Å². The van der Waals surface area contributed by atoms with Gasteiger partial charge in [-0.15, -0.1) is 11.3 Å². The molecular formula is C25H28Cl2N2OS. The highest BCUT2D eigenvalue weighted by Crippen LogP contribution is 2.35.